The van der Waals surface area contributed by atoms with Gasteiger partial charge in [0.1, 0.15) is 31.1 Å². The Kier molecular flexibility index (Phi) is 5.56. The number of nitrogens with zero attached hydrogens (tertiary/aromatic N) is 3. The van der Waals surface area contributed by atoms with Crippen LogP contribution in [0.3, 0.4) is 0 Å². The van der Waals surface area contributed by atoms with Crippen LogP contribution in [0, 0.1) is 0 Å². The molecule has 17 heavy (non-hydrogen) atoms. The monoisotopic (exact) mass is 250 g/mol. The molecule has 0 saturated carbocycles. The molecule has 0 aromatic heterocycles. The second-order valence-corrected chi connectivity index (χ2v) is 3.49. The summed E-state index contributed by atoms with van der Waals surface area (Å²) < 4.78 is 22.3. The molecule has 0 aliphatic carbocycles. The number of ether oxygens (including phenoxy) is 2. The smallest absolute Gasteiger partial charge is 0.186 e. The van der Waals surface area contributed by atoms with Gasteiger partial charge in [-0.3, -0.25) is 0 Å². The van der Waals surface area contributed by atoms with E-state index >= 15 is 0 Å². The summed E-state index contributed by atoms with van der Waals surface area (Å²) in [5, 5.41) is 31.4. The van der Waals surface area contributed by atoms with Crippen molar-refractivity contribution in [2.75, 3.05) is 19.8 Å². The second kappa shape index (κ2) is 6.70. The predicted molar refractivity (Wildman–Crippen MR) is 52.6 cm³/mol. The lowest BCUT2D eigenvalue weighted by Crippen LogP contribution is -2.58. The van der Waals surface area contributed by atoms with Gasteiger partial charge < -0.3 is 24.8 Å². The lowest BCUT2D eigenvalue weighted by molar-refractivity contribution is -0.297. The summed E-state index contributed by atoms with van der Waals surface area (Å²) in [6.07, 6.45) is -7.05. The van der Waals surface area contributed by atoms with Crippen LogP contribution in [0.15, 0.2) is 5.11 Å². The van der Waals surface area contributed by atoms with Gasteiger partial charge >= 0.3 is 0 Å². The van der Waals surface area contributed by atoms with Gasteiger partial charge in [-0.1, -0.05) is 5.11 Å². The molecule has 1 heterocycles. The normalized spacial score (nSPS) is 37.5. The summed E-state index contributed by atoms with van der Waals surface area (Å²) in [6, 6.07) is 0. The Labute approximate surface area is 96.2 Å². The second-order valence-electron chi connectivity index (χ2n) is 3.49. The van der Waals surface area contributed by atoms with Gasteiger partial charge in [0.15, 0.2) is 6.29 Å². The van der Waals surface area contributed by atoms with Crippen molar-refractivity contribution in [2.45, 2.75) is 30.7 Å². The van der Waals surface area contributed by atoms with Crippen molar-refractivity contribution in [3.8, 4) is 0 Å². The zero-order valence-corrected chi connectivity index (χ0v) is 8.89. The number of rotatable bonds is 5. The zero-order valence-electron chi connectivity index (χ0n) is 8.89. The fourth-order valence-electron chi connectivity index (χ4n) is 1.44. The van der Waals surface area contributed by atoms with E-state index in [-0.39, 0.29) is 13.2 Å². The molecule has 0 bridgehead atoms. The van der Waals surface area contributed by atoms with Crippen LogP contribution in [0.1, 0.15) is 0 Å². The molecule has 1 saturated heterocycles. The van der Waals surface area contributed by atoms with Gasteiger partial charge in [-0.2, -0.15) is 0 Å². The maximum atomic E-state index is 12.4. The maximum Gasteiger partial charge on any atom is 0.186 e. The third-order valence-corrected chi connectivity index (χ3v) is 2.36. The summed E-state index contributed by atoms with van der Waals surface area (Å²) in [5.41, 5.74) is 8.01. The summed E-state index contributed by atoms with van der Waals surface area (Å²) >= 11 is 0. The lowest BCUT2D eigenvalue weighted by Gasteiger charge is -2.39. The summed E-state index contributed by atoms with van der Waals surface area (Å²) in [5.74, 6) is 0. The van der Waals surface area contributed by atoms with Crippen LogP contribution in [-0.2, 0) is 9.47 Å². The van der Waals surface area contributed by atoms with Crippen molar-refractivity contribution in [1.82, 2.24) is 0 Å². The molecule has 0 aromatic carbocycles. The molecule has 0 spiro atoms. The first kappa shape index (κ1) is 14.1. The minimum atomic E-state index is -1.55. The Hall–Kier alpha value is -0.960. The zero-order chi connectivity index (χ0) is 12.8. The van der Waals surface area contributed by atoms with Gasteiger partial charge in [0.2, 0.25) is 0 Å². The average molecular weight is 250 g/mol. The molecule has 1 rings (SSSR count). The third-order valence-electron chi connectivity index (χ3n) is 2.36. The standard InChI is InChI=1S/C8H14FN3O5/c9-3-4-5(13)6(14)7(15)8(17-4)16-2-1-11-12-10/h4-8,13-15H,1-3H2/t4?,5-,6+,7?,8+/m1/s1/i9-1. The maximum absolute atomic E-state index is 12.4. The van der Waals surface area contributed by atoms with Crippen molar-refractivity contribution in [3.05, 3.63) is 10.4 Å². The van der Waals surface area contributed by atoms with Gasteiger partial charge in [-0.15, -0.1) is 0 Å². The van der Waals surface area contributed by atoms with Crippen LogP contribution >= 0.6 is 0 Å². The molecule has 98 valence electrons. The van der Waals surface area contributed by atoms with Crippen LogP contribution in [-0.4, -0.2) is 65.9 Å². The van der Waals surface area contributed by atoms with Crippen molar-refractivity contribution in [1.29, 1.82) is 0 Å². The van der Waals surface area contributed by atoms with E-state index in [1.807, 2.05) is 0 Å². The molecule has 0 radical (unpaired) electrons. The van der Waals surface area contributed by atoms with Crippen LogP contribution in [0.25, 0.3) is 10.4 Å². The number of alkyl halides is 1. The minimum absolute atomic E-state index is 0.0159. The fraction of sp³-hybridized carbons (Fsp3) is 1.00. The Morgan fingerprint density at radius 3 is 2.59 bits per heavy atom. The number of halogens is 1. The van der Waals surface area contributed by atoms with Crippen LogP contribution in [0.5, 0.6) is 0 Å². The predicted octanol–water partition coefficient (Wildman–Crippen LogP) is -0.910. The largest absolute Gasteiger partial charge is 0.387 e. The molecule has 5 atom stereocenters. The molecule has 0 amide bonds. The first-order valence-corrected chi connectivity index (χ1v) is 5.00. The number of aliphatic hydroxyl groups is 3. The molecule has 1 fully saturated rings. The van der Waals surface area contributed by atoms with E-state index in [4.69, 9.17) is 15.0 Å². The van der Waals surface area contributed by atoms with E-state index < -0.39 is 37.4 Å². The molecule has 8 nitrogen and oxygen atoms in total. The first-order valence-electron chi connectivity index (χ1n) is 5.00. The SMILES string of the molecule is [N-]=[N+]=NCCO[C@H]1OC(C[18F])[C@@H](O)[C@H](O)C1O. The summed E-state index contributed by atoms with van der Waals surface area (Å²) in [6.45, 7) is -1.04. The fourth-order valence-corrected chi connectivity index (χ4v) is 1.44. The van der Waals surface area contributed by atoms with E-state index in [0.717, 1.165) is 0 Å². The highest BCUT2D eigenvalue weighted by Gasteiger charge is 2.44. The van der Waals surface area contributed by atoms with Crippen LogP contribution < -0.4 is 0 Å². The summed E-state index contributed by atoms with van der Waals surface area (Å²) in [7, 11) is 0. The van der Waals surface area contributed by atoms with Crippen LogP contribution in [0.4, 0.5) is 4.39 Å². The number of azide groups is 1. The van der Waals surface area contributed by atoms with Gasteiger partial charge in [-0.25, -0.2) is 4.39 Å². The minimum Gasteiger partial charge on any atom is -0.387 e. The van der Waals surface area contributed by atoms with Crippen molar-refractivity contribution < 1.29 is 29.2 Å². The molecule has 2 unspecified atom stereocenters. The van der Waals surface area contributed by atoms with Crippen LogP contribution in [0.2, 0.25) is 0 Å². The van der Waals surface area contributed by atoms with E-state index in [1.165, 1.54) is 0 Å². The van der Waals surface area contributed by atoms with Crippen molar-refractivity contribution in [3.63, 3.8) is 0 Å². The van der Waals surface area contributed by atoms with Crippen molar-refractivity contribution >= 4 is 0 Å². The Bertz CT molecular complexity index is 286. The summed E-state index contributed by atoms with van der Waals surface area (Å²) in [4.78, 5) is 2.49. The highest BCUT2D eigenvalue weighted by atomic mass is 18.2. The number of aliphatic hydroxyl groups excluding tert-OH is 3. The molecule has 0 aromatic rings. The number of hydrogen-bond donors (Lipinski definition) is 3. The lowest BCUT2D eigenvalue weighted by atomic mass is 10.00. The topological polar surface area (TPSA) is 128 Å². The Morgan fingerprint density at radius 2 is 2.00 bits per heavy atom. The molecule has 1 aliphatic rings. The molecule has 9 heteroatoms. The quantitative estimate of drug-likeness (QED) is 0.252. The van der Waals surface area contributed by atoms with E-state index in [1.54, 1.807) is 0 Å². The molecular formula is C8H14FN3O5. The highest BCUT2D eigenvalue weighted by Crippen LogP contribution is 2.22. The molecular weight excluding hydrogens is 236 g/mol. The number of hydrogen-bond acceptors (Lipinski definition) is 6. The third kappa shape index (κ3) is 3.50. The van der Waals surface area contributed by atoms with Gasteiger partial charge in [0, 0.05) is 11.5 Å². The highest BCUT2D eigenvalue weighted by molar-refractivity contribution is 4.88. The Balaban J connectivity index is 2.50. The average Bonchev–Trinajstić information content (AvgIpc) is 2.34. The van der Waals surface area contributed by atoms with Gasteiger partial charge in [0.05, 0.1) is 6.61 Å². The van der Waals surface area contributed by atoms with Crippen molar-refractivity contribution in [2.24, 2.45) is 5.11 Å². The molecule has 1 aliphatic heterocycles. The van der Waals surface area contributed by atoms with Gasteiger partial charge in [-0.05, 0) is 5.53 Å². The van der Waals surface area contributed by atoms with E-state index in [0.29, 0.717) is 0 Å². The van der Waals surface area contributed by atoms with Gasteiger partial charge in [0.25, 0.3) is 0 Å². The van der Waals surface area contributed by atoms with E-state index in [2.05, 4.69) is 10.0 Å². The Morgan fingerprint density at radius 1 is 1.29 bits per heavy atom. The molecule has 3 N–H and O–H groups in total. The van der Waals surface area contributed by atoms with E-state index in [9.17, 15) is 19.7 Å². The first-order chi connectivity index (χ1) is 8.11.